The molecule has 0 bridgehead atoms. The van der Waals surface area contributed by atoms with Crippen LogP contribution in [0.2, 0.25) is 0 Å². The lowest BCUT2D eigenvalue weighted by Gasteiger charge is -2.26. The predicted octanol–water partition coefficient (Wildman–Crippen LogP) is -0.612. The average molecular weight is 258 g/mol. The Morgan fingerprint density at radius 3 is 2.76 bits per heavy atom. The highest BCUT2D eigenvalue weighted by Gasteiger charge is 2.28. The quantitative estimate of drug-likeness (QED) is 0.554. The zero-order valence-corrected chi connectivity index (χ0v) is 9.98. The van der Waals surface area contributed by atoms with E-state index in [4.69, 9.17) is 10.6 Å². The fourth-order valence-electron chi connectivity index (χ4n) is 1.63. The molecule has 2 rings (SSSR count). The molecule has 0 aromatic carbocycles. The van der Waals surface area contributed by atoms with Gasteiger partial charge in [-0.3, -0.25) is 0 Å². The number of anilines is 1. The van der Waals surface area contributed by atoms with Gasteiger partial charge >= 0.3 is 0 Å². The number of nitrogens with zero attached hydrogens (tertiary/aromatic N) is 2. The van der Waals surface area contributed by atoms with Gasteiger partial charge in [-0.25, -0.2) is 19.2 Å². The number of hydrazine groups is 1. The summed E-state index contributed by atoms with van der Waals surface area (Å²) < 4.78 is 31.1. The molecule has 2 heterocycles. The van der Waals surface area contributed by atoms with Gasteiger partial charge in [-0.1, -0.05) is 0 Å². The molecule has 1 aromatic rings. The topological polar surface area (TPSA) is 97.5 Å². The summed E-state index contributed by atoms with van der Waals surface area (Å²) in [5.41, 5.74) is 2.29. The summed E-state index contributed by atoms with van der Waals surface area (Å²) in [5, 5.41) is 0. The zero-order chi connectivity index (χ0) is 12.3. The molecule has 0 aliphatic carbocycles. The minimum atomic E-state index is -3.56. The van der Waals surface area contributed by atoms with Crippen LogP contribution >= 0.6 is 0 Å². The lowest BCUT2D eigenvalue weighted by atomic mass is 10.5. The Balaban J connectivity index is 2.36. The molecule has 0 amide bonds. The minimum absolute atomic E-state index is 0.0874. The van der Waals surface area contributed by atoms with Gasteiger partial charge in [-0.05, 0) is 12.1 Å². The summed E-state index contributed by atoms with van der Waals surface area (Å²) in [4.78, 5) is 3.97. The van der Waals surface area contributed by atoms with Crippen molar-refractivity contribution in [2.24, 2.45) is 5.84 Å². The van der Waals surface area contributed by atoms with E-state index in [0.717, 1.165) is 0 Å². The van der Waals surface area contributed by atoms with Crippen molar-refractivity contribution in [2.75, 3.05) is 31.7 Å². The van der Waals surface area contributed by atoms with Crippen LogP contribution in [0.25, 0.3) is 0 Å². The lowest BCUT2D eigenvalue weighted by Crippen LogP contribution is -2.41. The second-order valence-corrected chi connectivity index (χ2v) is 5.42. The summed E-state index contributed by atoms with van der Waals surface area (Å²) in [6.07, 6.45) is 1.48. The van der Waals surface area contributed by atoms with Gasteiger partial charge in [0.05, 0.1) is 13.2 Å². The second kappa shape index (κ2) is 4.96. The maximum absolute atomic E-state index is 12.3. The van der Waals surface area contributed by atoms with E-state index in [1.54, 1.807) is 6.07 Å². The average Bonchev–Trinajstić information content (AvgIpc) is 2.39. The van der Waals surface area contributed by atoms with Gasteiger partial charge in [0.2, 0.25) is 10.0 Å². The van der Waals surface area contributed by atoms with Gasteiger partial charge in [0.15, 0.2) is 5.82 Å². The summed E-state index contributed by atoms with van der Waals surface area (Å²) in [6, 6.07) is 3.04. The largest absolute Gasteiger partial charge is 0.379 e. The molecule has 7 nitrogen and oxygen atoms in total. The molecule has 1 aliphatic rings. The fraction of sp³-hybridized carbons (Fsp3) is 0.444. The first kappa shape index (κ1) is 12.2. The summed E-state index contributed by atoms with van der Waals surface area (Å²) in [6.45, 7) is 1.51. The first-order chi connectivity index (χ1) is 8.16. The van der Waals surface area contributed by atoms with Crippen molar-refractivity contribution in [3.05, 3.63) is 18.3 Å². The molecule has 1 aliphatic heterocycles. The Morgan fingerprint density at radius 1 is 1.41 bits per heavy atom. The zero-order valence-electron chi connectivity index (χ0n) is 9.17. The highest BCUT2D eigenvalue weighted by Crippen LogP contribution is 2.22. The van der Waals surface area contributed by atoms with Crippen molar-refractivity contribution in [3.8, 4) is 0 Å². The van der Waals surface area contributed by atoms with Crippen LogP contribution in [0.1, 0.15) is 0 Å². The van der Waals surface area contributed by atoms with E-state index in [-0.39, 0.29) is 10.7 Å². The van der Waals surface area contributed by atoms with Crippen molar-refractivity contribution in [1.82, 2.24) is 9.29 Å². The third-order valence-corrected chi connectivity index (χ3v) is 4.43. The van der Waals surface area contributed by atoms with Crippen LogP contribution in [0.5, 0.6) is 0 Å². The van der Waals surface area contributed by atoms with Gasteiger partial charge in [-0.2, -0.15) is 4.31 Å². The van der Waals surface area contributed by atoms with Crippen molar-refractivity contribution in [2.45, 2.75) is 4.90 Å². The number of nitrogens with one attached hydrogen (secondary N) is 1. The second-order valence-electron chi connectivity index (χ2n) is 3.51. The number of pyridine rings is 1. The molecule has 1 saturated heterocycles. The van der Waals surface area contributed by atoms with E-state index < -0.39 is 10.0 Å². The molecule has 8 heteroatoms. The van der Waals surface area contributed by atoms with Crippen molar-refractivity contribution >= 4 is 15.8 Å². The van der Waals surface area contributed by atoms with E-state index >= 15 is 0 Å². The Bertz CT molecular complexity index is 485. The third-order valence-electron chi connectivity index (χ3n) is 2.50. The maximum atomic E-state index is 12.3. The van der Waals surface area contributed by atoms with Gasteiger partial charge < -0.3 is 10.2 Å². The first-order valence-corrected chi connectivity index (χ1v) is 6.60. The number of nitrogens with two attached hydrogens (primary N) is 1. The van der Waals surface area contributed by atoms with Crippen LogP contribution in [-0.2, 0) is 14.8 Å². The molecular weight excluding hydrogens is 244 g/mol. The summed E-state index contributed by atoms with van der Waals surface area (Å²) in [5.74, 6) is 5.41. The van der Waals surface area contributed by atoms with Crippen molar-refractivity contribution < 1.29 is 13.2 Å². The lowest BCUT2D eigenvalue weighted by molar-refractivity contribution is 0.0730. The monoisotopic (exact) mass is 258 g/mol. The molecule has 0 atom stereocenters. The number of rotatable bonds is 3. The SMILES string of the molecule is NNc1ncccc1S(=O)(=O)N1CCOCC1. The highest BCUT2D eigenvalue weighted by atomic mass is 32.2. The van der Waals surface area contributed by atoms with Crippen LogP contribution in [0.4, 0.5) is 5.82 Å². The number of ether oxygens (including phenoxy) is 1. The summed E-state index contributed by atoms with van der Waals surface area (Å²) >= 11 is 0. The number of sulfonamides is 1. The Kier molecular flexibility index (Phi) is 3.57. The van der Waals surface area contributed by atoms with E-state index in [9.17, 15) is 8.42 Å². The molecular formula is C9H14N4O3S. The van der Waals surface area contributed by atoms with Crippen LogP contribution in [-0.4, -0.2) is 44.0 Å². The van der Waals surface area contributed by atoms with E-state index in [1.807, 2.05) is 0 Å². The number of hydrogen-bond donors (Lipinski definition) is 2. The molecule has 1 aromatic heterocycles. The summed E-state index contributed by atoms with van der Waals surface area (Å²) in [7, 11) is -3.56. The fourth-order valence-corrected chi connectivity index (χ4v) is 3.15. The standard InChI is InChI=1S/C9H14N4O3S/c10-12-9-8(2-1-3-11-9)17(14,15)13-4-6-16-7-5-13/h1-3H,4-7,10H2,(H,11,12). The Labute approximate surface area is 99.6 Å². The first-order valence-electron chi connectivity index (χ1n) is 5.16. The van der Waals surface area contributed by atoms with Crippen LogP contribution in [0.15, 0.2) is 23.2 Å². The smallest absolute Gasteiger partial charge is 0.246 e. The van der Waals surface area contributed by atoms with Crippen LogP contribution in [0.3, 0.4) is 0 Å². The van der Waals surface area contributed by atoms with Crippen LogP contribution < -0.4 is 11.3 Å². The Hall–Kier alpha value is -1.22. The minimum Gasteiger partial charge on any atom is -0.379 e. The molecule has 17 heavy (non-hydrogen) atoms. The molecule has 94 valence electrons. The number of morpholine rings is 1. The van der Waals surface area contributed by atoms with E-state index in [2.05, 4.69) is 10.4 Å². The molecule has 0 saturated carbocycles. The maximum Gasteiger partial charge on any atom is 0.246 e. The molecule has 0 unspecified atom stereocenters. The predicted molar refractivity (Wildman–Crippen MR) is 61.6 cm³/mol. The third kappa shape index (κ3) is 2.39. The van der Waals surface area contributed by atoms with Crippen LogP contribution in [0, 0.1) is 0 Å². The van der Waals surface area contributed by atoms with Gasteiger partial charge in [0.25, 0.3) is 0 Å². The highest BCUT2D eigenvalue weighted by molar-refractivity contribution is 7.89. The normalized spacial score (nSPS) is 17.9. The molecule has 0 spiro atoms. The van der Waals surface area contributed by atoms with Crippen molar-refractivity contribution in [1.29, 1.82) is 0 Å². The molecule has 0 radical (unpaired) electrons. The van der Waals surface area contributed by atoms with Gasteiger partial charge in [0.1, 0.15) is 4.90 Å². The number of hydrogen-bond acceptors (Lipinski definition) is 6. The number of aromatic nitrogens is 1. The molecule has 1 fully saturated rings. The molecule has 3 N–H and O–H groups in total. The van der Waals surface area contributed by atoms with Gasteiger partial charge in [0, 0.05) is 19.3 Å². The van der Waals surface area contributed by atoms with E-state index in [1.165, 1.54) is 16.6 Å². The number of nitrogen functional groups attached to an aromatic ring is 1. The van der Waals surface area contributed by atoms with Gasteiger partial charge in [-0.15, -0.1) is 0 Å². The van der Waals surface area contributed by atoms with E-state index in [0.29, 0.717) is 26.3 Å². The Morgan fingerprint density at radius 2 is 2.12 bits per heavy atom. The van der Waals surface area contributed by atoms with Crippen molar-refractivity contribution in [3.63, 3.8) is 0 Å².